The number of amides is 1. The summed E-state index contributed by atoms with van der Waals surface area (Å²) < 4.78 is 22.3. The standard InChI is InChI=1S/C25H25FN8O2/c1-16(2)34-15-28-32-23(34)20-6-5-7-21(29-20)30-24(35)18-14-17(8-9-19(18)26)36-22-10-11-27-25(31-22)33-12-3-4-13-33/h5-11,14-16H,3-4,12-13H2,1-2H3,(H,29,30,35). The normalized spacial score (nSPS) is 13.3. The molecule has 4 aromatic rings. The minimum Gasteiger partial charge on any atom is -0.439 e. The Morgan fingerprint density at radius 3 is 2.75 bits per heavy atom. The van der Waals surface area contributed by atoms with E-state index in [-0.39, 0.29) is 23.2 Å². The van der Waals surface area contributed by atoms with Gasteiger partial charge in [0.1, 0.15) is 29.4 Å². The molecule has 1 saturated heterocycles. The molecule has 36 heavy (non-hydrogen) atoms. The van der Waals surface area contributed by atoms with E-state index in [1.165, 1.54) is 18.2 Å². The Kier molecular flexibility index (Phi) is 6.52. The number of benzene rings is 1. The fourth-order valence-electron chi connectivity index (χ4n) is 3.94. The molecular weight excluding hydrogens is 463 g/mol. The molecule has 0 saturated carbocycles. The molecule has 1 amide bonds. The summed E-state index contributed by atoms with van der Waals surface area (Å²) in [4.78, 5) is 28.2. The monoisotopic (exact) mass is 488 g/mol. The van der Waals surface area contributed by atoms with Gasteiger partial charge in [-0.2, -0.15) is 4.98 Å². The maximum absolute atomic E-state index is 14.6. The molecule has 1 aromatic carbocycles. The van der Waals surface area contributed by atoms with E-state index >= 15 is 0 Å². The molecule has 184 valence electrons. The van der Waals surface area contributed by atoms with E-state index in [2.05, 4.69) is 35.4 Å². The SMILES string of the molecule is CC(C)n1cnnc1-c1cccc(NC(=O)c2cc(Oc3ccnc(N4CCCC4)n3)ccc2F)n1. The summed E-state index contributed by atoms with van der Waals surface area (Å²) in [6.45, 7) is 5.81. The van der Waals surface area contributed by atoms with Crippen molar-refractivity contribution in [2.24, 2.45) is 0 Å². The minimum absolute atomic E-state index is 0.133. The number of hydrogen-bond acceptors (Lipinski definition) is 8. The quantitative estimate of drug-likeness (QED) is 0.405. The summed E-state index contributed by atoms with van der Waals surface area (Å²) in [6, 6.07) is 10.8. The number of anilines is 2. The lowest BCUT2D eigenvalue weighted by Crippen LogP contribution is -2.20. The summed E-state index contributed by atoms with van der Waals surface area (Å²) in [7, 11) is 0. The highest BCUT2D eigenvalue weighted by molar-refractivity contribution is 6.04. The van der Waals surface area contributed by atoms with E-state index in [0.717, 1.165) is 25.9 Å². The third kappa shape index (κ3) is 4.99. The second-order valence-electron chi connectivity index (χ2n) is 8.65. The van der Waals surface area contributed by atoms with Crippen molar-refractivity contribution < 1.29 is 13.9 Å². The first-order chi connectivity index (χ1) is 17.5. The van der Waals surface area contributed by atoms with E-state index in [4.69, 9.17) is 4.74 Å². The van der Waals surface area contributed by atoms with Crippen LogP contribution in [0.1, 0.15) is 43.1 Å². The summed E-state index contributed by atoms with van der Waals surface area (Å²) in [5.74, 6) is 0.662. The number of nitrogens with one attached hydrogen (secondary N) is 1. The van der Waals surface area contributed by atoms with Gasteiger partial charge in [0.2, 0.25) is 11.8 Å². The van der Waals surface area contributed by atoms with Gasteiger partial charge < -0.3 is 19.5 Å². The van der Waals surface area contributed by atoms with Gasteiger partial charge in [0.25, 0.3) is 5.91 Å². The molecule has 0 unspecified atom stereocenters. The first-order valence-corrected chi connectivity index (χ1v) is 11.7. The van der Waals surface area contributed by atoms with Crippen LogP contribution in [0, 0.1) is 5.82 Å². The molecule has 1 aliphatic heterocycles. The van der Waals surface area contributed by atoms with Crippen LogP contribution in [0.25, 0.3) is 11.5 Å². The molecule has 5 rings (SSSR count). The van der Waals surface area contributed by atoms with Crippen molar-refractivity contribution in [3.8, 4) is 23.1 Å². The highest BCUT2D eigenvalue weighted by Crippen LogP contribution is 2.25. The summed E-state index contributed by atoms with van der Waals surface area (Å²) in [5.41, 5.74) is 0.355. The zero-order valence-electron chi connectivity index (χ0n) is 19.9. The van der Waals surface area contributed by atoms with E-state index in [1.54, 1.807) is 36.8 Å². The fourth-order valence-corrected chi connectivity index (χ4v) is 3.94. The number of ether oxygens (including phenoxy) is 1. The van der Waals surface area contributed by atoms with E-state index in [9.17, 15) is 9.18 Å². The molecule has 1 fully saturated rings. The highest BCUT2D eigenvalue weighted by Gasteiger charge is 2.18. The average molecular weight is 489 g/mol. The van der Waals surface area contributed by atoms with Gasteiger partial charge >= 0.3 is 0 Å². The number of carbonyl (C=O) groups excluding carboxylic acids is 1. The Morgan fingerprint density at radius 2 is 1.94 bits per heavy atom. The van der Waals surface area contributed by atoms with Gasteiger partial charge in [-0.05, 0) is 57.0 Å². The molecule has 3 aromatic heterocycles. The smallest absolute Gasteiger partial charge is 0.259 e. The number of rotatable bonds is 7. The largest absolute Gasteiger partial charge is 0.439 e. The molecule has 1 aliphatic rings. The minimum atomic E-state index is -0.684. The lowest BCUT2D eigenvalue weighted by Gasteiger charge is -2.15. The molecule has 0 radical (unpaired) electrons. The van der Waals surface area contributed by atoms with Gasteiger partial charge in [-0.15, -0.1) is 10.2 Å². The predicted molar refractivity (Wildman–Crippen MR) is 132 cm³/mol. The lowest BCUT2D eigenvalue weighted by molar-refractivity contribution is 0.102. The van der Waals surface area contributed by atoms with Crippen LogP contribution in [0.4, 0.5) is 16.2 Å². The molecule has 1 N–H and O–H groups in total. The van der Waals surface area contributed by atoms with Gasteiger partial charge in [-0.3, -0.25) is 4.79 Å². The first-order valence-electron chi connectivity index (χ1n) is 11.7. The Labute approximate surface area is 207 Å². The Morgan fingerprint density at radius 1 is 1.11 bits per heavy atom. The topological polar surface area (TPSA) is 111 Å². The molecule has 4 heterocycles. The molecule has 0 aliphatic carbocycles. The van der Waals surface area contributed by atoms with Gasteiger partial charge in [-0.25, -0.2) is 14.4 Å². The van der Waals surface area contributed by atoms with Gasteiger partial charge in [0.05, 0.1) is 5.56 Å². The molecule has 0 bridgehead atoms. The maximum Gasteiger partial charge on any atom is 0.259 e. The molecule has 0 spiro atoms. The number of carbonyl (C=O) groups is 1. The van der Waals surface area contributed by atoms with Crippen LogP contribution in [0.5, 0.6) is 11.6 Å². The zero-order valence-corrected chi connectivity index (χ0v) is 19.9. The van der Waals surface area contributed by atoms with Gasteiger partial charge in [0, 0.05) is 31.4 Å². The van der Waals surface area contributed by atoms with Gasteiger partial charge in [-0.1, -0.05) is 6.07 Å². The summed E-state index contributed by atoms with van der Waals surface area (Å²) in [6.07, 6.45) is 5.44. The van der Waals surface area contributed by atoms with Crippen LogP contribution in [0.3, 0.4) is 0 Å². The predicted octanol–water partition coefficient (Wildman–Crippen LogP) is 4.49. The average Bonchev–Trinajstić information content (AvgIpc) is 3.58. The van der Waals surface area contributed by atoms with Crippen molar-refractivity contribution in [3.05, 3.63) is 66.4 Å². The van der Waals surface area contributed by atoms with E-state index in [1.807, 2.05) is 18.4 Å². The Balaban J connectivity index is 1.33. The van der Waals surface area contributed by atoms with Crippen molar-refractivity contribution in [1.29, 1.82) is 0 Å². The maximum atomic E-state index is 14.6. The number of halogens is 1. The van der Waals surface area contributed by atoms with Gasteiger partial charge in [0.15, 0.2) is 5.82 Å². The fraction of sp³-hybridized carbons (Fsp3) is 0.280. The van der Waals surface area contributed by atoms with Crippen molar-refractivity contribution in [1.82, 2.24) is 29.7 Å². The lowest BCUT2D eigenvalue weighted by atomic mass is 10.2. The summed E-state index contributed by atoms with van der Waals surface area (Å²) in [5, 5.41) is 10.7. The van der Waals surface area contributed by atoms with Crippen molar-refractivity contribution >= 4 is 17.7 Å². The van der Waals surface area contributed by atoms with Crippen LogP contribution in [0.2, 0.25) is 0 Å². The zero-order chi connectivity index (χ0) is 25.1. The Hall–Kier alpha value is -4.41. The van der Waals surface area contributed by atoms with Crippen LogP contribution in [-0.2, 0) is 0 Å². The van der Waals surface area contributed by atoms with Crippen LogP contribution in [0.15, 0.2) is 55.0 Å². The number of pyridine rings is 1. The first kappa shape index (κ1) is 23.3. The van der Waals surface area contributed by atoms with Crippen LogP contribution < -0.4 is 15.0 Å². The van der Waals surface area contributed by atoms with Crippen molar-refractivity contribution in [3.63, 3.8) is 0 Å². The number of aromatic nitrogens is 6. The number of nitrogens with zero attached hydrogens (tertiary/aromatic N) is 7. The van der Waals surface area contributed by atoms with Crippen LogP contribution in [-0.4, -0.2) is 48.7 Å². The molecular formula is C25H25FN8O2. The van der Waals surface area contributed by atoms with Crippen LogP contribution >= 0.6 is 0 Å². The number of hydrogen-bond donors (Lipinski definition) is 1. The molecule has 11 heteroatoms. The van der Waals surface area contributed by atoms with Crippen molar-refractivity contribution in [2.75, 3.05) is 23.3 Å². The second-order valence-corrected chi connectivity index (χ2v) is 8.65. The van der Waals surface area contributed by atoms with E-state index < -0.39 is 11.7 Å². The summed E-state index contributed by atoms with van der Waals surface area (Å²) >= 11 is 0. The van der Waals surface area contributed by atoms with E-state index in [0.29, 0.717) is 23.3 Å². The van der Waals surface area contributed by atoms with Crippen molar-refractivity contribution in [2.45, 2.75) is 32.7 Å². The second kappa shape index (κ2) is 10.1. The third-order valence-corrected chi connectivity index (χ3v) is 5.76. The third-order valence-electron chi connectivity index (χ3n) is 5.76. The molecule has 0 atom stereocenters. The molecule has 10 nitrogen and oxygen atoms in total. The highest BCUT2D eigenvalue weighted by atomic mass is 19.1. The Bertz CT molecular complexity index is 1380.